The molecule has 1 saturated heterocycles. The van der Waals surface area contributed by atoms with Gasteiger partial charge >= 0.3 is 0 Å². The van der Waals surface area contributed by atoms with Gasteiger partial charge < -0.3 is 14.5 Å². The first-order valence-corrected chi connectivity index (χ1v) is 10.4. The van der Waals surface area contributed by atoms with E-state index in [1.807, 2.05) is 66.4 Å². The van der Waals surface area contributed by atoms with E-state index in [1.165, 1.54) is 12.8 Å². The molecule has 2 aliphatic rings. The Morgan fingerprint density at radius 2 is 1.86 bits per heavy atom. The molecule has 1 aliphatic heterocycles. The van der Waals surface area contributed by atoms with Crippen LogP contribution in [0.4, 0.5) is 0 Å². The van der Waals surface area contributed by atoms with E-state index in [0.717, 1.165) is 11.1 Å². The minimum absolute atomic E-state index is 0.0348. The van der Waals surface area contributed by atoms with Crippen molar-refractivity contribution in [1.82, 2.24) is 9.80 Å². The van der Waals surface area contributed by atoms with Crippen molar-refractivity contribution in [2.24, 2.45) is 5.92 Å². The smallest absolute Gasteiger partial charge is 0.254 e. The Bertz CT molecular complexity index is 863. The van der Waals surface area contributed by atoms with Crippen molar-refractivity contribution >= 4 is 11.8 Å². The molecule has 0 N–H and O–H groups in total. The number of rotatable bonds is 6. The molecular weight excluding hydrogens is 364 g/mol. The minimum Gasteiger partial charge on any atom is -0.374 e. The van der Waals surface area contributed by atoms with Crippen LogP contribution in [0.3, 0.4) is 0 Å². The molecule has 0 radical (unpaired) electrons. The lowest BCUT2D eigenvalue weighted by Crippen LogP contribution is -2.39. The number of ether oxygens (including phenoxy) is 1. The zero-order valence-corrected chi connectivity index (χ0v) is 16.9. The molecule has 2 aromatic carbocycles. The van der Waals surface area contributed by atoms with Crippen LogP contribution in [-0.4, -0.2) is 54.0 Å². The third-order valence-electron chi connectivity index (χ3n) is 5.56. The average Bonchev–Trinajstić information content (AvgIpc) is 3.56. The van der Waals surface area contributed by atoms with Gasteiger partial charge in [-0.15, -0.1) is 0 Å². The second-order valence-corrected chi connectivity index (χ2v) is 8.21. The number of amides is 2. The van der Waals surface area contributed by atoms with Crippen LogP contribution in [-0.2, 0) is 16.1 Å². The largest absolute Gasteiger partial charge is 0.374 e. The maximum atomic E-state index is 13.1. The highest BCUT2D eigenvalue weighted by Gasteiger charge is 2.32. The predicted octanol–water partition coefficient (Wildman–Crippen LogP) is 3.27. The van der Waals surface area contributed by atoms with Crippen molar-refractivity contribution in [1.29, 1.82) is 0 Å². The lowest BCUT2D eigenvalue weighted by Gasteiger charge is -2.25. The Hall–Kier alpha value is -2.66. The molecule has 5 nitrogen and oxygen atoms in total. The van der Waals surface area contributed by atoms with E-state index in [0.29, 0.717) is 37.7 Å². The summed E-state index contributed by atoms with van der Waals surface area (Å²) in [5.74, 6) is 0.494. The van der Waals surface area contributed by atoms with Gasteiger partial charge in [0, 0.05) is 31.8 Å². The third kappa shape index (κ3) is 5.24. The summed E-state index contributed by atoms with van der Waals surface area (Å²) in [4.78, 5) is 29.6. The fourth-order valence-electron chi connectivity index (χ4n) is 3.71. The van der Waals surface area contributed by atoms with Crippen LogP contribution in [0.25, 0.3) is 0 Å². The van der Waals surface area contributed by atoms with Gasteiger partial charge in [0.2, 0.25) is 5.91 Å². The monoisotopic (exact) mass is 392 g/mol. The number of benzene rings is 2. The van der Waals surface area contributed by atoms with Crippen LogP contribution >= 0.6 is 0 Å². The zero-order chi connectivity index (χ0) is 20.2. The summed E-state index contributed by atoms with van der Waals surface area (Å²) >= 11 is 0. The highest BCUT2D eigenvalue weighted by Crippen LogP contribution is 2.29. The van der Waals surface area contributed by atoms with Crippen LogP contribution in [0.1, 0.15) is 34.3 Å². The first kappa shape index (κ1) is 19.6. The van der Waals surface area contributed by atoms with E-state index in [9.17, 15) is 9.59 Å². The maximum absolute atomic E-state index is 13.1. The van der Waals surface area contributed by atoms with Crippen molar-refractivity contribution in [3.63, 3.8) is 0 Å². The van der Waals surface area contributed by atoms with E-state index < -0.39 is 0 Å². The summed E-state index contributed by atoms with van der Waals surface area (Å²) in [6.07, 6.45) is 2.26. The molecule has 0 bridgehead atoms. The average molecular weight is 392 g/mol. The van der Waals surface area contributed by atoms with Gasteiger partial charge in [-0.05, 0) is 43.4 Å². The van der Waals surface area contributed by atoms with Crippen molar-refractivity contribution in [2.45, 2.75) is 32.4 Å². The van der Waals surface area contributed by atoms with Crippen molar-refractivity contribution in [3.05, 3.63) is 71.3 Å². The molecule has 2 amide bonds. The number of hydrogen-bond donors (Lipinski definition) is 0. The second kappa shape index (κ2) is 8.78. The molecule has 1 unspecified atom stereocenters. The topological polar surface area (TPSA) is 49.9 Å². The fraction of sp³-hybridized carbons (Fsp3) is 0.417. The Labute approximate surface area is 172 Å². The standard InChI is InChI=1S/C24H28N2O3/c1-18-6-5-9-21(12-18)24(28)26-15-22(29-17-20-10-11-20)14-25(23(27)16-26)13-19-7-3-2-4-8-19/h2-9,12,20,22H,10-11,13-17H2,1H3. The molecule has 1 atom stereocenters. The SMILES string of the molecule is Cc1cccc(C(=O)N2CC(=O)N(Cc3ccccc3)CC(OCC3CC3)C2)c1. The van der Waals surface area contributed by atoms with Crippen LogP contribution in [0.15, 0.2) is 54.6 Å². The molecule has 2 aromatic rings. The number of nitrogens with zero attached hydrogens (tertiary/aromatic N) is 2. The van der Waals surface area contributed by atoms with E-state index in [1.54, 1.807) is 4.90 Å². The molecule has 0 aromatic heterocycles. The summed E-state index contributed by atoms with van der Waals surface area (Å²) in [7, 11) is 0. The third-order valence-corrected chi connectivity index (χ3v) is 5.56. The maximum Gasteiger partial charge on any atom is 0.254 e. The number of aryl methyl sites for hydroxylation is 1. The highest BCUT2D eigenvalue weighted by molar-refractivity contribution is 5.96. The minimum atomic E-state index is -0.167. The number of carbonyl (C=O) groups excluding carboxylic acids is 2. The Morgan fingerprint density at radius 3 is 2.59 bits per heavy atom. The predicted molar refractivity (Wildman–Crippen MR) is 111 cm³/mol. The Morgan fingerprint density at radius 1 is 1.07 bits per heavy atom. The van der Waals surface area contributed by atoms with Crippen molar-refractivity contribution < 1.29 is 14.3 Å². The van der Waals surface area contributed by atoms with Crippen LogP contribution in [0, 0.1) is 12.8 Å². The molecule has 29 heavy (non-hydrogen) atoms. The number of hydrogen-bond acceptors (Lipinski definition) is 3. The van der Waals surface area contributed by atoms with E-state index in [2.05, 4.69) is 0 Å². The van der Waals surface area contributed by atoms with Gasteiger partial charge in [-0.2, -0.15) is 0 Å². The Kier molecular flexibility index (Phi) is 5.95. The molecule has 1 heterocycles. The zero-order valence-electron chi connectivity index (χ0n) is 16.9. The van der Waals surface area contributed by atoms with E-state index in [-0.39, 0.29) is 24.5 Å². The molecular formula is C24H28N2O3. The summed E-state index contributed by atoms with van der Waals surface area (Å²) in [6, 6.07) is 17.5. The van der Waals surface area contributed by atoms with E-state index >= 15 is 0 Å². The lowest BCUT2D eigenvalue weighted by atomic mass is 10.1. The van der Waals surface area contributed by atoms with Gasteiger partial charge in [0.15, 0.2) is 0 Å². The van der Waals surface area contributed by atoms with E-state index in [4.69, 9.17) is 4.74 Å². The normalized spacial score (nSPS) is 19.9. The summed E-state index contributed by atoms with van der Waals surface area (Å²) < 4.78 is 6.16. The summed E-state index contributed by atoms with van der Waals surface area (Å²) in [5.41, 5.74) is 2.74. The first-order chi connectivity index (χ1) is 14.1. The fourth-order valence-corrected chi connectivity index (χ4v) is 3.71. The summed E-state index contributed by atoms with van der Waals surface area (Å²) in [5, 5.41) is 0. The van der Waals surface area contributed by atoms with Gasteiger partial charge in [-0.25, -0.2) is 0 Å². The van der Waals surface area contributed by atoms with Gasteiger partial charge in [-0.3, -0.25) is 9.59 Å². The molecule has 0 spiro atoms. The van der Waals surface area contributed by atoms with Gasteiger partial charge in [0.1, 0.15) is 6.54 Å². The summed E-state index contributed by atoms with van der Waals surface area (Å²) in [6.45, 7) is 4.25. The van der Waals surface area contributed by atoms with Gasteiger partial charge in [0.25, 0.3) is 5.91 Å². The van der Waals surface area contributed by atoms with Crippen LogP contribution in [0.2, 0.25) is 0 Å². The highest BCUT2D eigenvalue weighted by atomic mass is 16.5. The molecule has 152 valence electrons. The first-order valence-electron chi connectivity index (χ1n) is 10.4. The number of carbonyl (C=O) groups is 2. The van der Waals surface area contributed by atoms with Crippen molar-refractivity contribution in [3.8, 4) is 0 Å². The molecule has 1 saturated carbocycles. The Balaban J connectivity index is 1.52. The second-order valence-electron chi connectivity index (χ2n) is 8.21. The van der Waals surface area contributed by atoms with Crippen molar-refractivity contribution in [2.75, 3.05) is 26.2 Å². The molecule has 1 aliphatic carbocycles. The molecule has 2 fully saturated rings. The molecule has 5 heteroatoms. The van der Waals surface area contributed by atoms with Gasteiger partial charge in [0.05, 0.1) is 6.10 Å². The lowest BCUT2D eigenvalue weighted by molar-refractivity contribution is -0.132. The quantitative estimate of drug-likeness (QED) is 0.758. The molecule has 4 rings (SSSR count). The van der Waals surface area contributed by atoms with Crippen LogP contribution < -0.4 is 0 Å². The van der Waals surface area contributed by atoms with Crippen LogP contribution in [0.5, 0.6) is 0 Å². The van der Waals surface area contributed by atoms with Gasteiger partial charge in [-0.1, -0.05) is 48.0 Å².